The van der Waals surface area contributed by atoms with Gasteiger partial charge in [-0.2, -0.15) is 9.97 Å². The second kappa shape index (κ2) is 16.8. The lowest BCUT2D eigenvalue weighted by molar-refractivity contribution is 0.953. The van der Waals surface area contributed by atoms with E-state index in [9.17, 15) is 0 Å². The third-order valence-corrected chi connectivity index (χ3v) is 15.0. The summed E-state index contributed by atoms with van der Waals surface area (Å²) in [6, 6.07) is 93.7. The summed E-state index contributed by atoms with van der Waals surface area (Å²) >= 11 is 0. The maximum atomic E-state index is 5.30. The molecule has 0 radical (unpaired) electrons. The van der Waals surface area contributed by atoms with Gasteiger partial charge in [-0.3, -0.25) is 4.57 Å². The molecular weight excluding hydrogens is 899 g/mol. The summed E-state index contributed by atoms with van der Waals surface area (Å²) in [7, 11) is 0. The van der Waals surface area contributed by atoms with Crippen LogP contribution in [-0.2, 0) is 0 Å². The third-order valence-electron chi connectivity index (χ3n) is 15.0. The monoisotopic (exact) mass is 941 g/mol. The molecule has 0 saturated carbocycles. The van der Waals surface area contributed by atoms with Gasteiger partial charge in [0.1, 0.15) is 0 Å². The summed E-state index contributed by atoms with van der Waals surface area (Å²) in [4.78, 5) is 15.7. The highest BCUT2D eigenvalue weighted by molar-refractivity contribution is 6.26. The second-order valence-corrected chi connectivity index (χ2v) is 19.1. The van der Waals surface area contributed by atoms with Crippen molar-refractivity contribution in [3.63, 3.8) is 0 Å². The zero-order valence-corrected chi connectivity index (χ0v) is 40.1. The fourth-order valence-corrected chi connectivity index (χ4v) is 11.5. The van der Waals surface area contributed by atoms with Crippen LogP contribution in [0.1, 0.15) is 0 Å². The molecule has 0 aliphatic rings. The highest BCUT2D eigenvalue weighted by atomic mass is 15.2. The second-order valence-electron chi connectivity index (χ2n) is 19.1. The minimum atomic E-state index is 0.562. The van der Waals surface area contributed by atoms with Gasteiger partial charge in [-0.1, -0.05) is 224 Å². The first-order valence-corrected chi connectivity index (χ1v) is 25.2. The summed E-state index contributed by atoms with van der Waals surface area (Å²) in [6.07, 6.45) is 0. The van der Waals surface area contributed by atoms with E-state index in [1.54, 1.807) is 0 Å². The van der Waals surface area contributed by atoms with Crippen molar-refractivity contribution in [3.05, 3.63) is 261 Å². The fourth-order valence-electron chi connectivity index (χ4n) is 11.5. The molecule has 15 rings (SSSR count). The Labute approximate surface area is 426 Å². The first kappa shape index (κ1) is 41.8. The topological polar surface area (TPSA) is 48.5 Å². The Morgan fingerprint density at radius 3 is 1.16 bits per heavy atom. The van der Waals surface area contributed by atoms with Gasteiger partial charge in [0.25, 0.3) is 0 Å². The maximum absolute atomic E-state index is 5.30. The molecule has 3 heterocycles. The van der Waals surface area contributed by atoms with Crippen molar-refractivity contribution in [1.29, 1.82) is 0 Å². The lowest BCUT2D eigenvalue weighted by Crippen LogP contribution is -2.07. The number of benzene rings is 12. The van der Waals surface area contributed by atoms with Gasteiger partial charge in [0.2, 0.25) is 5.95 Å². The predicted molar refractivity (Wildman–Crippen MR) is 308 cm³/mol. The first-order chi connectivity index (χ1) is 36.7. The molecule has 5 heteroatoms. The highest BCUT2D eigenvalue weighted by Gasteiger charge is 2.24. The van der Waals surface area contributed by atoms with Gasteiger partial charge in [-0.25, -0.2) is 4.98 Å². The highest BCUT2D eigenvalue weighted by Crippen LogP contribution is 2.43. The number of hydrogen-bond donors (Lipinski definition) is 0. The van der Waals surface area contributed by atoms with Crippen LogP contribution < -0.4 is 0 Å². The number of para-hydroxylation sites is 2. The summed E-state index contributed by atoms with van der Waals surface area (Å²) in [6.45, 7) is 0. The van der Waals surface area contributed by atoms with E-state index in [2.05, 4.69) is 234 Å². The standard InChI is InChI=1S/C69H43N5/c1-3-17-46(18-4-1)67-70-68(47-19-5-2-6-20-47)72-69(71-67)74-64-32-14-12-30-59(64)61-40-39-60-58-29-11-13-31-63(58)73(65(60)66(61)74)52-24-16-23-50(42-52)45-35-33-44(34-36-45)48-21-15-22-49(41-48)51-37-38-57-55-27-8-7-25-53(55)54-26-9-10-28-56(54)62(57)43-51/h1-43H. The zero-order chi connectivity index (χ0) is 48.7. The number of hydrogen-bond acceptors (Lipinski definition) is 3. The van der Waals surface area contributed by atoms with E-state index < -0.39 is 0 Å². The summed E-state index contributed by atoms with van der Waals surface area (Å²) in [5.74, 6) is 1.80. The molecule has 0 unspecified atom stereocenters. The van der Waals surface area contributed by atoms with Gasteiger partial charge >= 0.3 is 0 Å². The largest absolute Gasteiger partial charge is 0.307 e. The van der Waals surface area contributed by atoms with E-state index >= 15 is 0 Å². The van der Waals surface area contributed by atoms with E-state index in [1.807, 2.05) is 36.4 Å². The van der Waals surface area contributed by atoms with Crippen molar-refractivity contribution in [2.75, 3.05) is 0 Å². The summed E-state index contributed by atoms with van der Waals surface area (Å²) in [5.41, 5.74) is 14.2. The van der Waals surface area contributed by atoms with E-state index in [1.165, 1.54) is 60.0 Å². The van der Waals surface area contributed by atoms with Gasteiger partial charge in [0, 0.05) is 38.4 Å². The minimum absolute atomic E-state index is 0.562. The SMILES string of the molecule is c1ccc(-c2nc(-c3ccccc3)nc(-n3c4ccccc4c4ccc5c6ccccc6n(-c6cccc(-c7ccc(-c8cccc(-c9ccc%10c%11ccccc%11c%11ccccc%11c%10c9)c8)cc7)c6)c5c43)n2)cc1. The molecule has 5 nitrogen and oxygen atoms in total. The van der Waals surface area contributed by atoms with Crippen LogP contribution in [0.5, 0.6) is 0 Å². The Morgan fingerprint density at radius 2 is 0.595 bits per heavy atom. The number of aromatic nitrogens is 5. The van der Waals surface area contributed by atoms with Gasteiger partial charge < -0.3 is 4.57 Å². The zero-order valence-electron chi connectivity index (χ0n) is 40.1. The average Bonchev–Trinajstić information content (AvgIpc) is 4.01. The van der Waals surface area contributed by atoms with Gasteiger partial charge in [0.05, 0.1) is 22.1 Å². The van der Waals surface area contributed by atoms with E-state index in [0.717, 1.165) is 66.2 Å². The van der Waals surface area contributed by atoms with Crippen LogP contribution in [0.2, 0.25) is 0 Å². The Balaban J connectivity index is 0.855. The van der Waals surface area contributed by atoms with Crippen molar-refractivity contribution >= 4 is 75.9 Å². The van der Waals surface area contributed by atoms with Gasteiger partial charge in [-0.15, -0.1) is 0 Å². The number of rotatable bonds is 7. The Hall–Kier alpha value is -9.97. The molecule has 0 N–H and O–H groups in total. The van der Waals surface area contributed by atoms with Gasteiger partial charge in [0.15, 0.2) is 11.6 Å². The van der Waals surface area contributed by atoms with Crippen LogP contribution in [0, 0.1) is 0 Å². The molecular formula is C69H43N5. The third kappa shape index (κ3) is 6.68. The van der Waals surface area contributed by atoms with E-state index in [4.69, 9.17) is 15.0 Å². The van der Waals surface area contributed by atoms with Crippen LogP contribution in [0.4, 0.5) is 0 Å². The molecule has 0 atom stereocenters. The number of fused-ring (bicyclic) bond motifs is 13. The maximum Gasteiger partial charge on any atom is 0.238 e. The fraction of sp³-hybridized carbons (Fsp3) is 0. The first-order valence-electron chi connectivity index (χ1n) is 25.2. The van der Waals surface area contributed by atoms with Crippen molar-refractivity contribution < 1.29 is 0 Å². The summed E-state index contributed by atoms with van der Waals surface area (Å²) in [5, 5.41) is 12.3. The Bertz CT molecular complexity index is 4610. The van der Waals surface area contributed by atoms with Crippen LogP contribution >= 0.6 is 0 Å². The van der Waals surface area contributed by atoms with E-state index in [0.29, 0.717) is 17.6 Å². The van der Waals surface area contributed by atoms with Gasteiger partial charge in [-0.05, 0) is 102 Å². The van der Waals surface area contributed by atoms with Crippen molar-refractivity contribution in [3.8, 4) is 67.8 Å². The van der Waals surface area contributed by atoms with Crippen molar-refractivity contribution in [2.45, 2.75) is 0 Å². The molecule has 0 fully saturated rings. The molecule has 0 spiro atoms. The van der Waals surface area contributed by atoms with Crippen LogP contribution in [0.15, 0.2) is 261 Å². The quantitative estimate of drug-likeness (QED) is 0.150. The van der Waals surface area contributed by atoms with Crippen LogP contribution in [0.3, 0.4) is 0 Å². The molecule has 15 aromatic rings. The molecule has 0 bridgehead atoms. The molecule has 12 aromatic carbocycles. The summed E-state index contributed by atoms with van der Waals surface area (Å²) < 4.78 is 4.69. The molecule has 0 aliphatic heterocycles. The lowest BCUT2D eigenvalue weighted by atomic mass is 9.91. The molecule has 0 amide bonds. The molecule has 3 aromatic heterocycles. The normalized spacial score (nSPS) is 11.8. The van der Waals surface area contributed by atoms with Crippen LogP contribution in [-0.4, -0.2) is 24.1 Å². The van der Waals surface area contributed by atoms with Crippen LogP contribution in [0.25, 0.3) is 144 Å². The Morgan fingerprint density at radius 1 is 0.216 bits per heavy atom. The molecule has 0 aliphatic carbocycles. The Kier molecular flexibility index (Phi) is 9.50. The average molecular weight is 942 g/mol. The lowest BCUT2D eigenvalue weighted by Gasteiger charge is -2.14. The molecule has 344 valence electrons. The molecule has 0 saturated heterocycles. The molecule has 74 heavy (non-hydrogen) atoms. The van der Waals surface area contributed by atoms with Crippen molar-refractivity contribution in [2.24, 2.45) is 0 Å². The van der Waals surface area contributed by atoms with Crippen molar-refractivity contribution in [1.82, 2.24) is 24.1 Å². The number of nitrogens with zero attached hydrogens (tertiary/aromatic N) is 5. The predicted octanol–water partition coefficient (Wildman–Crippen LogP) is 17.9. The van der Waals surface area contributed by atoms with E-state index in [-0.39, 0.29) is 0 Å². The smallest absolute Gasteiger partial charge is 0.238 e. The minimum Gasteiger partial charge on any atom is -0.307 e.